The number of rotatable bonds is 12. The van der Waals surface area contributed by atoms with Gasteiger partial charge >= 0.3 is 0 Å². The molecule has 1 aromatic rings. The molecule has 0 aliphatic heterocycles. The van der Waals surface area contributed by atoms with Gasteiger partial charge in [0.25, 0.3) is 0 Å². The maximum absolute atomic E-state index is 5.89. The van der Waals surface area contributed by atoms with Crippen LogP contribution in [0.3, 0.4) is 0 Å². The standard InChI is InChI=1S/C18H33NO2/c1-5-7-8-9-10-15(3)20-14-18-12-17(16(4)21-18)13-19-11-6-2/h12,15,19H,5-11,13-14H2,1-4H3. The molecule has 3 nitrogen and oxygen atoms in total. The van der Waals surface area contributed by atoms with Gasteiger partial charge in [0.1, 0.15) is 18.1 Å². The summed E-state index contributed by atoms with van der Waals surface area (Å²) in [5.41, 5.74) is 1.25. The Morgan fingerprint density at radius 2 is 2.00 bits per heavy atom. The lowest BCUT2D eigenvalue weighted by molar-refractivity contribution is 0.0357. The first-order chi connectivity index (χ1) is 10.2. The second-order valence-corrected chi connectivity index (χ2v) is 5.94. The van der Waals surface area contributed by atoms with Crippen LogP contribution in [-0.2, 0) is 17.9 Å². The molecule has 0 saturated heterocycles. The van der Waals surface area contributed by atoms with Crippen molar-refractivity contribution < 1.29 is 9.15 Å². The smallest absolute Gasteiger partial charge is 0.130 e. The van der Waals surface area contributed by atoms with Crippen LogP contribution in [0.4, 0.5) is 0 Å². The summed E-state index contributed by atoms with van der Waals surface area (Å²) in [5, 5.41) is 3.41. The van der Waals surface area contributed by atoms with Gasteiger partial charge in [-0.05, 0) is 39.3 Å². The third-order valence-corrected chi connectivity index (χ3v) is 3.79. The van der Waals surface area contributed by atoms with Crippen molar-refractivity contribution in [2.45, 2.75) is 85.5 Å². The van der Waals surface area contributed by atoms with Gasteiger partial charge in [0, 0.05) is 12.1 Å². The van der Waals surface area contributed by atoms with Crippen LogP contribution in [0.15, 0.2) is 10.5 Å². The number of hydrogen-bond donors (Lipinski definition) is 1. The van der Waals surface area contributed by atoms with Crippen LogP contribution in [0, 0.1) is 6.92 Å². The Morgan fingerprint density at radius 3 is 2.71 bits per heavy atom. The van der Waals surface area contributed by atoms with Gasteiger partial charge in [-0.3, -0.25) is 0 Å². The fourth-order valence-electron chi connectivity index (χ4n) is 2.40. The summed E-state index contributed by atoms with van der Waals surface area (Å²) in [7, 11) is 0. The summed E-state index contributed by atoms with van der Waals surface area (Å²) in [6, 6.07) is 2.13. The fraction of sp³-hybridized carbons (Fsp3) is 0.778. The number of hydrogen-bond acceptors (Lipinski definition) is 3. The minimum atomic E-state index is 0.314. The van der Waals surface area contributed by atoms with Crippen molar-refractivity contribution in [3.63, 3.8) is 0 Å². The molecule has 1 N–H and O–H groups in total. The van der Waals surface area contributed by atoms with E-state index in [4.69, 9.17) is 9.15 Å². The number of unbranched alkanes of at least 4 members (excludes halogenated alkanes) is 3. The van der Waals surface area contributed by atoms with Gasteiger partial charge in [0.05, 0.1) is 6.10 Å². The molecule has 0 spiro atoms. The molecular weight excluding hydrogens is 262 g/mol. The lowest BCUT2D eigenvalue weighted by atomic mass is 10.1. The topological polar surface area (TPSA) is 34.4 Å². The zero-order valence-electron chi connectivity index (χ0n) is 14.3. The molecule has 1 unspecified atom stereocenters. The fourth-order valence-corrected chi connectivity index (χ4v) is 2.40. The van der Waals surface area contributed by atoms with E-state index < -0.39 is 0 Å². The number of aryl methyl sites for hydroxylation is 1. The van der Waals surface area contributed by atoms with Crippen molar-refractivity contribution in [1.29, 1.82) is 0 Å². The molecule has 0 amide bonds. The van der Waals surface area contributed by atoms with Crippen LogP contribution in [0.25, 0.3) is 0 Å². The Morgan fingerprint density at radius 1 is 1.19 bits per heavy atom. The molecule has 0 bridgehead atoms. The van der Waals surface area contributed by atoms with Gasteiger partial charge in [-0.1, -0.05) is 39.5 Å². The summed E-state index contributed by atoms with van der Waals surface area (Å²) in [5.74, 6) is 1.95. The van der Waals surface area contributed by atoms with Gasteiger partial charge < -0.3 is 14.5 Å². The lowest BCUT2D eigenvalue weighted by Gasteiger charge is -2.11. The van der Waals surface area contributed by atoms with E-state index in [1.807, 2.05) is 6.92 Å². The molecule has 21 heavy (non-hydrogen) atoms. The molecule has 122 valence electrons. The third kappa shape index (κ3) is 7.68. The largest absolute Gasteiger partial charge is 0.464 e. The Labute approximate surface area is 130 Å². The molecule has 0 radical (unpaired) electrons. The van der Waals surface area contributed by atoms with Gasteiger partial charge in [-0.25, -0.2) is 0 Å². The quantitative estimate of drug-likeness (QED) is 0.553. The molecule has 3 heteroatoms. The second-order valence-electron chi connectivity index (χ2n) is 5.94. The summed E-state index contributed by atoms with van der Waals surface area (Å²) in [6.45, 7) is 11.1. The maximum Gasteiger partial charge on any atom is 0.130 e. The maximum atomic E-state index is 5.89. The first-order valence-corrected chi connectivity index (χ1v) is 8.57. The third-order valence-electron chi connectivity index (χ3n) is 3.79. The highest BCUT2D eigenvalue weighted by atomic mass is 16.5. The molecule has 0 saturated carbocycles. The van der Waals surface area contributed by atoms with Crippen LogP contribution < -0.4 is 5.32 Å². The van der Waals surface area contributed by atoms with Crippen LogP contribution >= 0.6 is 0 Å². The van der Waals surface area contributed by atoms with Crippen molar-refractivity contribution in [2.24, 2.45) is 0 Å². The minimum absolute atomic E-state index is 0.314. The SMILES string of the molecule is CCCCCCC(C)OCc1cc(CNCCC)c(C)o1. The van der Waals surface area contributed by atoms with E-state index in [-0.39, 0.29) is 0 Å². The molecule has 0 aliphatic carbocycles. The molecule has 0 aliphatic rings. The molecule has 0 fully saturated rings. The predicted molar refractivity (Wildman–Crippen MR) is 88.5 cm³/mol. The number of furan rings is 1. The Hall–Kier alpha value is -0.800. The van der Waals surface area contributed by atoms with Crippen molar-refractivity contribution in [3.05, 3.63) is 23.2 Å². The zero-order chi connectivity index (χ0) is 15.5. The Kier molecular flexibility index (Phi) is 9.44. The average molecular weight is 295 g/mol. The Bertz CT molecular complexity index is 373. The predicted octanol–water partition coefficient (Wildman–Crippen LogP) is 4.96. The van der Waals surface area contributed by atoms with E-state index in [9.17, 15) is 0 Å². The molecule has 1 rings (SSSR count). The van der Waals surface area contributed by atoms with Crippen molar-refractivity contribution >= 4 is 0 Å². The monoisotopic (exact) mass is 295 g/mol. The Balaban J connectivity index is 2.26. The van der Waals surface area contributed by atoms with Gasteiger partial charge in [-0.15, -0.1) is 0 Å². The molecule has 1 atom stereocenters. The van der Waals surface area contributed by atoms with Crippen molar-refractivity contribution in [3.8, 4) is 0 Å². The first-order valence-electron chi connectivity index (χ1n) is 8.57. The molecule has 1 aromatic heterocycles. The van der Waals surface area contributed by atoms with Gasteiger partial charge in [0.15, 0.2) is 0 Å². The van der Waals surface area contributed by atoms with E-state index in [1.165, 1.54) is 31.2 Å². The lowest BCUT2D eigenvalue weighted by Crippen LogP contribution is -2.13. The average Bonchev–Trinajstić information content (AvgIpc) is 2.82. The summed E-state index contributed by atoms with van der Waals surface area (Å²) in [6.07, 6.45) is 7.81. The normalized spacial score (nSPS) is 12.8. The van der Waals surface area contributed by atoms with E-state index in [0.29, 0.717) is 12.7 Å². The minimum Gasteiger partial charge on any atom is -0.464 e. The first kappa shape index (κ1) is 18.2. The number of ether oxygens (including phenoxy) is 1. The zero-order valence-corrected chi connectivity index (χ0v) is 14.3. The van der Waals surface area contributed by atoms with E-state index in [0.717, 1.165) is 37.5 Å². The van der Waals surface area contributed by atoms with Gasteiger partial charge in [0.2, 0.25) is 0 Å². The van der Waals surface area contributed by atoms with E-state index in [1.54, 1.807) is 0 Å². The van der Waals surface area contributed by atoms with Crippen LogP contribution in [0.2, 0.25) is 0 Å². The molecule has 0 aromatic carbocycles. The highest BCUT2D eigenvalue weighted by Crippen LogP contribution is 2.17. The van der Waals surface area contributed by atoms with Crippen LogP contribution in [0.5, 0.6) is 0 Å². The van der Waals surface area contributed by atoms with E-state index in [2.05, 4.69) is 32.2 Å². The molecular formula is C18H33NO2. The highest BCUT2D eigenvalue weighted by Gasteiger charge is 2.09. The second kappa shape index (κ2) is 10.9. The van der Waals surface area contributed by atoms with Crippen molar-refractivity contribution in [1.82, 2.24) is 5.32 Å². The van der Waals surface area contributed by atoms with Crippen LogP contribution in [0.1, 0.15) is 76.4 Å². The molecule has 1 heterocycles. The number of nitrogens with one attached hydrogen (secondary N) is 1. The van der Waals surface area contributed by atoms with E-state index >= 15 is 0 Å². The summed E-state index contributed by atoms with van der Waals surface area (Å²) < 4.78 is 11.7. The van der Waals surface area contributed by atoms with Gasteiger partial charge in [-0.2, -0.15) is 0 Å². The van der Waals surface area contributed by atoms with Crippen molar-refractivity contribution in [2.75, 3.05) is 6.54 Å². The summed E-state index contributed by atoms with van der Waals surface area (Å²) >= 11 is 0. The highest BCUT2D eigenvalue weighted by molar-refractivity contribution is 5.20. The summed E-state index contributed by atoms with van der Waals surface area (Å²) in [4.78, 5) is 0. The van der Waals surface area contributed by atoms with Crippen LogP contribution in [-0.4, -0.2) is 12.6 Å².